The summed E-state index contributed by atoms with van der Waals surface area (Å²) in [5, 5.41) is 9.01. The lowest BCUT2D eigenvalue weighted by molar-refractivity contribution is -0.147. The fourth-order valence-electron chi connectivity index (χ4n) is 1.97. The number of hydrogen-bond acceptors (Lipinski definition) is 3. The molecule has 2 fully saturated rings. The summed E-state index contributed by atoms with van der Waals surface area (Å²) in [5.41, 5.74) is -0.683. The molecule has 0 aromatic carbocycles. The van der Waals surface area contributed by atoms with Crippen molar-refractivity contribution in [1.82, 2.24) is 4.90 Å². The van der Waals surface area contributed by atoms with Gasteiger partial charge >= 0.3 is 0 Å². The Morgan fingerprint density at radius 1 is 1.36 bits per heavy atom. The number of carbonyl (C=O) groups is 1. The molecule has 1 aliphatic carbocycles. The highest BCUT2D eigenvalue weighted by Crippen LogP contribution is 2.41. The van der Waals surface area contributed by atoms with Crippen LogP contribution in [0.5, 0.6) is 0 Å². The van der Waals surface area contributed by atoms with Gasteiger partial charge in [-0.25, -0.2) is 0 Å². The topological polar surface area (TPSA) is 53.3 Å². The van der Waals surface area contributed by atoms with Crippen LogP contribution in [0.15, 0.2) is 0 Å². The molecule has 2 rings (SSSR count). The molecule has 1 saturated carbocycles. The van der Waals surface area contributed by atoms with Crippen molar-refractivity contribution in [2.24, 2.45) is 5.41 Å². The minimum absolute atomic E-state index is 0.0227. The van der Waals surface area contributed by atoms with E-state index in [-0.39, 0.29) is 5.91 Å². The highest BCUT2D eigenvalue weighted by atomic mass is 16.5. The monoisotopic (exact) mass is 194 g/mol. The summed E-state index contributed by atoms with van der Waals surface area (Å²) < 4.78 is 5.17. The van der Waals surface area contributed by atoms with Crippen LogP contribution >= 0.6 is 0 Å². The van der Waals surface area contributed by atoms with Crippen molar-refractivity contribution >= 4 is 5.91 Å². The molecule has 4 nitrogen and oxygen atoms in total. The van der Waals surface area contributed by atoms with E-state index in [2.05, 4.69) is 6.07 Å². The maximum atomic E-state index is 12.0. The van der Waals surface area contributed by atoms with Gasteiger partial charge in [-0.1, -0.05) is 0 Å². The molecular weight excluding hydrogens is 180 g/mol. The summed E-state index contributed by atoms with van der Waals surface area (Å²) in [5.74, 6) is 0.0227. The van der Waals surface area contributed by atoms with Crippen LogP contribution in [0, 0.1) is 16.7 Å². The van der Waals surface area contributed by atoms with Gasteiger partial charge in [-0.3, -0.25) is 4.79 Å². The van der Waals surface area contributed by atoms with Gasteiger partial charge in [-0.2, -0.15) is 5.26 Å². The van der Waals surface area contributed by atoms with Crippen molar-refractivity contribution in [2.75, 3.05) is 26.3 Å². The average molecular weight is 194 g/mol. The third-order valence-electron chi connectivity index (χ3n) is 3.13. The predicted molar refractivity (Wildman–Crippen MR) is 49.3 cm³/mol. The number of nitrogens with zero attached hydrogens (tertiary/aromatic N) is 2. The number of amides is 1. The average Bonchev–Trinajstić information content (AvgIpc) is 2.18. The summed E-state index contributed by atoms with van der Waals surface area (Å²) in [7, 11) is 0. The summed E-state index contributed by atoms with van der Waals surface area (Å²) in [6.45, 7) is 2.49. The molecule has 1 aliphatic heterocycles. The Labute approximate surface area is 83.4 Å². The molecule has 4 heteroatoms. The molecule has 0 radical (unpaired) electrons. The van der Waals surface area contributed by atoms with Crippen molar-refractivity contribution in [3.63, 3.8) is 0 Å². The largest absolute Gasteiger partial charge is 0.378 e. The number of morpholine rings is 1. The molecule has 76 valence electrons. The van der Waals surface area contributed by atoms with Gasteiger partial charge in [0.1, 0.15) is 5.41 Å². The second-order valence-electron chi connectivity index (χ2n) is 3.95. The molecule has 0 aromatic heterocycles. The van der Waals surface area contributed by atoms with Crippen LogP contribution in [0.4, 0.5) is 0 Å². The number of carbonyl (C=O) groups excluding carboxylic acids is 1. The van der Waals surface area contributed by atoms with E-state index < -0.39 is 5.41 Å². The third-order valence-corrected chi connectivity index (χ3v) is 3.13. The van der Waals surface area contributed by atoms with E-state index in [1.807, 2.05) is 0 Å². The Hall–Kier alpha value is -1.08. The zero-order valence-corrected chi connectivity index (χ0v) is 8.16. The van der Waals surface area contributed by atoms with E-state index in [4.69, 9.17) is 10.00 Å². The first-order chi connectivity index (χ1) is 6.78. The number of nitriles is 1. The molecule has 0 N–H and O–H groups in total. The first kappa shape index (κ1) is 9.47. The SMILES string of the molecule is N#CC1(C(=O)N2CCOCC2)CCC1. The van der Waals surface area contributed by atoms with E-state index in [0.717, 1.165) is 19.3 Å². The standard InChI is InChI=1S/C10H14N2O2/c11-8-10(2-1-3-10)9(13)12-4-6-14-7-5-12/h1-7H2. The first-order valence-electron chi connectivity index (χ1n) is 5.07. The lowest BCUT2D eigenvalue weighted by atomic mass is 9.69. The fraction of sp³-hybridized carbons (Fsp3) is 0.800. The molecule has 0 atom stereocenters. The van der Waals surface area contributed by atoms with Gasteiger partial charge in [0.2, 0.25) is 5.91 Å². The van der Waals surface area contributed by atoms with E-state index in [0.29, 0.717) is 26.3 Å². The van der Waals surface area contributed by atoms with E-state index in [9.17, 15) is 4.79 Å². The molecular formula is C10H14N2O2. The molecule has 14 heavy (non-hydrogen) atoms. The van der Waals surface area contributed by atoms with E-state index in [1.54, 1.807) is 4.90 Å². The van der Waals surface area contributed by atoms with Crippen molar-refractivity contribution in [1.29, 1.82) is 5.26 Å². The van der Waals surface area contributed by atoms with Crippen LogP contribution in [0.2, 0.25) is 0 Å². The predicted octanol–water partition coefficient (Wildman–Crippen LogP) is 0.539. The minimum Gasteiger partial charge on any atom is -0.378 e. The summed E-state index contributed by atoms with van der Waals surface area (Å²) in [6, 6.07) is 2.18. The van der Waals surface area contributed by atoms with Gasteiger partial charge in [-0.15, -0.1) is 0 Å². The van der Waals surface area contributed by atoms with Crippen LogP contribution in [-0.2, 0) is 9.53 Å². The van der Waals surface area contributed by atoms with Crippen LogP contribution in [0.3, 0.4) is 0 Å². The van der Waals surface area contributed by atoms with Crippen LogP contribution in [0.1, 0.15) is 19.3 Å². The van der Waals surface area contributed by atoms with E-state index >= 15 is 0 Å². The Morgan fingerprint density at radius 3 is 2.43 bits per heavy atom. The maximum Gasteiger partial charge on any atom is 0.243 e. The highest BCUT2D eigenvalue weighted by Gasteiger charge is 2.46. The molecule has 2 aliphatic rings. The zero-order chi connectivity index (χ0) is 10.0. The molecule has 1 amide bonds. The van der Waals surface area contributed by atoms with Crippen molar-refractivity contribution in [3.8, 4) is 6.07 Å². The molecule has 0 unspecified atom stereocenters. The number of rotatable bonds is 1. The Morgan fingerprint density at radius 2 is 2.00 bits per heavy atom. The normalized spacial score (nSPS) is 24.9. The second-order valence-corrected chi connectivity index (χ2v) is 3.95. The Balaban J connectivity index is 2.03. The summed E-state index contributed by atoms with van der Waals surface area (Å²) in [4.78, 5) is 13.8. The lowest BCUT2D eigenvalue weighted by Gasteiger charge is -2.39. The van der Waals surface area contributed by atoms with Gasteiger partial charge in [-0.05, 0) is 19.3 Å². The van der Waals surface area contributed by atoms with Gasteiger partial charge in [0.25, 0.3) is 0 Å². The van der Waals surface area contributed by atoms with Crippen molar-refractivity contribution < 1.29 is 9.53 Å². The molecule has 0 aromatic rings. The fourth-order valence-corrected chi connectivity index (χ4v) is 1.97. The van der Waals surface area contributed by atoms with Gasteiger partial charge in [0.05, 0.1) is 19.3 Å². The van der Waals surface area contributed by atoms with Crippen LogP contribution in [-0.4, -0.2) is 37.1 Å². The zero-order valence-electron chi connectivity index (χ0n) is 8.16. The van der Waals surface area contributed by atoms with Gasteiger partial charge in [0.15, 0.2) is 0 Å². The first-order valence-corrected chi connectivity index (χ1v) is 5.07. The van der Waals surface area contributed by atoms with E-state index in [1.165, 1.54) is 0 Å². The summed E-state index contributed by atoms with van der Waals surface area (Å²) in [6.07, 6.45) is 2.48. The van der Waals surface area contributed by atoms with Crippen LogP contribution < -0.4 is 0 Å². The Kier molecular flexibility index (Phi) is 2.42. The molecule has 0 spiro atoms. The molecule has 1 heterocycles. The van der Waals surface area contributed by atoms with Crippen LogP contribution in [0.25, 0.3) is 0 Å². The van der Waals surface area contributed by atoms with Crippen molar-refractivity contribution in [2.45, 2.75) is 19.3 Å². The number of hydrogen-bond donors (Lipinski definition) is 0. The smallest absolute Gasteiger partial charge is 0.243 e. The maximum absolute atomic E-state index is 12.0. The third kappa shape index (κ3) is 1.38. The summed E-state index contributed by atoms with van der Waals surface area (Å²) >= 11 is 0. The van der Waals surface area contributed by atoms with Crippen molar-refractivity contribution in [3.05, 3.63) is 0 Å². The minimum atomic E-state index is -0.683. The van der Waals surface area contributed by atoms with Gasteiger partial charge < -0.3 is 9.64 Å². The Bertz CT molecular complexity index is 272. The second kappa shape index (κ2) is 3.58. The quantitative estimate of drug-likeness (QED) is 0.612. The van der Waals surface area contributed by atoms with Gasteiger partial charge in [0, 0.05) is 13.1 Å². The lowest BCUT2D eigenvalue weighted by Crippen LogP contribution is -2.50. The molecule has 0 bridgehead atoms. The highest BCUT2D eigenvalue weighted by molar-refractivity contribution is 5.86. The molecule has 1 saturated heterocycles. The number of ether oxygens (including phenoxy) is 1.